The van der Waals surface area contributed by atoms with Crippen LogP contribution < -0.4 is 0 Å². The maximum Gasteiger partial charge on any atom is 0.148 e. The van der Waals surface area contributed by atoms with Crippen LogP contribution in [0.5, 0.6) is 0 Å². The minimum absolute atomic E-state index is 0.258. The fourth-order valence-corrected chi connectivity index (χ4v) is 6.78. The molecule has 0 aliphatic carbocycles. The van der Waals surface area contributed by atoms with Gasteiger partial charge in [-0.1, -0.05) is 121 Å². The first-order chi connectivity index (χ1) is 17.9. The fraction of sp³-hybridized carbons (Fsp3) is 0.125. The van der Waals surface area contributed by atoms with E-state index >= 15 is 0 Å². The Morgan fingerprint density at radius 2 is 0.722 bits per heavy atom. The molecule has 0 saturated carbocycles. The summed E-state index contributed by atoms with van der Waals surface area (Å²) in [6, 6.07) is 42.1. The van der Waals surface area contributed by atoms with Crippen molar-refractivity contribution < 1.29 is 8.37 Å². The molecule has 2 atom stereocenters. The lowest BCUT2D eigenvalue weighted by molar-refractivity contribution is 0.550. The Labute approximate surface area is 221 Å². The molecule has 0 fully saturated rings. The van der Waals surface area contributed by atoms with Crippen molar-refractivity contribution >= 4 is 46.8 Å². The Morgan fingerprint density at radius 1 is 0.417 bits per heavy atom. The first-order valence-electron chi connectivity index (χ1n) is 12.2. The maximum atomic E-state index is 6.46. The SMILES string of the molecule is c1ccc(C2=C(c3ccccc3)OSC(C3CC(c4ccccc4)=C(c4ccccc4)OS3)C2)cc1. The van der Waals surface area contributed by atoms with Crippen LogP contribution in [-0.4, -0.2) is 10.5 Å². The Kier molecular flexibility index (Phi) is 6.88. The molecule has 4 aromatic carbocycles. The Balaban J connectivity index is 1.34. The van der Waals surface area contributed by atoms with Crippen LogP contribution in [0.4, 0.5) is 0 Å². The second kappa shape index (κ2) is 10.7. The number of rotatable bonds is 5. The van der Waals surface area contributed by atoms with Crippen LogP contribution in [0.25, 0.3) is 22.7 Å². The van der Waals surface area contributed by atoms with E-state index in [0.717, 1.165) is 35.5 Å². The van der Waals surface area contributed by atoms with E-state index in [2.05, 4.69) is 109 Å². The van der Waals surface area contributed by atoms with Crippen molar-refractivity contribution in [2.24, 2.45) is 0 Å². The van der Waals surface area contributed by atoms with Crippen molar-refractivity contribution in [1.82, 2.24) is 0 Å². The van der Waals surface area contributed by atoms with Crippen molar-refractivity contribution in [2.75, 3.05) is 0 Å². The summed E-state index contributed by atoms with van der Waals surface area (Å²) >= 11 is 3.17. The summed E-state index contributed by atoms with van der Waals surface area (Å²) in [6.07, 6.45) is 1.84. The highest BCUT2D eigenvalue weighted by molar-refractivity contribution is 7.99. The van der Waals surface area contributed by atoms with Crippen LogP contribution in [0.3, 0.4) is 0 Å². The van der Waals surface area contributed by atoms with Crippen LogP contribution in [-0.2, 0) is 8.37 Å². The van der Waals surface area contributed by atoms with E-state index in [-0.39, 0.29) is 10.5 Å². The number of hydrogen-bond acceptors (Lipinski definition) is 4. The van der Waals surface area contributed by atoms with Gasteiger partial charge >= 0.3 is 0 Å². The van der Waals surface area contributed by atoms with Gasteiger partial charge in [-0.3, -0.25) is 0 Å². The highest BCUT2D eigenvalue weighted by Gasteiger charge is 2.37. The van der Waals surface area contributed by atoms with Gasteiger partial charge in [0, 0.05) is 22.3 Å². The predicted octanol–water partition coefficient (Wildman–Crippen LogP) is 9.00. The molecule has 0 N–H and O–H groups in total. The zero-order valence-electron chi connectivity index (χ0n) is 19.7. The van der Waals surface area contributed by atoms with Crippen molar-refractivity contribution in [3.05, 3.63) is 144 Å². The first-order valence-corrected chi connectivity index (χ1v) is 13.8. The highest BCUT2D eigenvalue weighted by atomic mass is 32.2. The summed E-state index contributed by atoms with van der Waals surface area (Å²) in [7, 11) is 0. The van der Waals surface area contributed by atoms with E-state index in [1.807, 2.05) is 12.1 Å². The molecule has 6 rings (SSSR count). The third kappa shape index (κ3) is 4.84. The quantitative estimate of drug-likeness (QED) is 0.251. The van der Waals surface area contributed by atoms with E-state index in [0.29, 0.717) is 0 Å². The Hall–Kier alpha value is -3.34. The molecule has 0 aromatic heterocycles. The van der Waals surface area contributed by atoms with E-state index in [4.69, 9.17) is 8.37 Å². The average Bonchev–Trinajstić information content (AvgIpc) is 2.98. The van der Waals surface area contributed by atoms with Crippen LogP contribution in [0, 0.1) is 0 Å². The normalized spacial score (nSPS) is 20.0. The number of allylic oxidation sites excluding steroid dienone is 2. The van der Waals surface area contributed by atoms with Crippen LogP contribution in [0.2, 0.25) is 0 Å². The summed E-state index contributed by atoms with van der Waals surface area (Å²) in [6.45, 7) is 0. The molecule has 2 aliphatic heterocycles. The molecule has 4 heteroatoms. The van der Waals surface area contributed by atoms with Crippen molar-refractivity contribution in [1.29, 1.82) is 0 Å². The molecule has 0 saturated heterocycles. The second-order valence-corrected chi connectivity index (χ2v) is 10.9. The standard InChI is InChI=1S/C32H26O2S2/c1-5-13-23(14-6-1)27-21-29(35-33-31(27)25-17-9-3-10-18-25)30-22-28(24-15-7-2-8-16-24)32(34-36-30)26-19-11-4-12-20-26/h1-20,29-30H,21-22H2. The molecule has 4 aromatic rings. The van der Waals surface area contributed by atoms with E-state index in [1.165, 1.54) is 22.3 Å². The maximum absolute atomic E-state index is 6.46. The summed E-state index contributed by atoms with van der Waals surface area (Å²) in [4.78, 5) is 0. The minimum atomic E-state index is 0.258. The molecule has 0 bridgehead atoms. The van der Waals surface area contributed by atoms with Gasteiger partial charge in [-0.2, -0.15) is 0 Å². The van der Waals surface area contributed by atoms with Crippen LogP contribution in [0.1, 0.15) is 35.1 Å². The number of hydrogen-bond donors (Lipinski definition) is 0. The highest BCUT2D eigenvalue weighted by Crippen LogP contribution is 2.50. The molecule has 36 heavy (non-hydrogen) atoms. The summed E-state index contributed by atoms with van der Waals surface area (Å²) in [5, 5.41) is 0.516. The van der Waals surface area contributed by atoms with Gasteiger partial charge in [0.25, 0.3) is 0 Å². The van der Waals surface area contributed by atoms with Gasteiger partial charge in [0.2, 0.25) is 0 Å². The zero-order chi connectivity index (χ0) is 24.2. The lowest BCUT2D eigenvalue weighted by Gasteiger charge is -2.34. The molecule has 2 unspecified atom stereocenters. The lowest BCUT2D eigenvalue weighted by atomic mass is 9.92. The van der Waals surface area contributed by atoms with Crippen LogP contribution in [0.15, 0.2) is 121 Å². The Morgan fingerprint density at radius 3 is 1.06 bits per heavy atom. The monoisotopic (exact) mass is 506 g/mol. The molecule has 2 heterocycles. The molecule has 2 nitrogen and oxygen atoms in total. The van der Waals surface area contributed by atoms with Gasteiger partial charge in [-0.15, -0.1) is 0 Å². The predicted molar refractivity (Wildman–Crippen MR) is 154 cm³/mol. The van der Waals surface area contributed by atoms with Gasteiger partial charge in [-0.05, 0) is 24.0 Å². The molecule has 2 aliphatic rings. The second-order valence-electron chi connectivity index (χ2n) is 8.92. The van der Waals surface area contributed by atoms with Gasteiger partial charge in [0.15, 0.2) is 0 Å². The fourth-order valence-electron chi connectivity index (χ4n) is 4.76. The summed E-state index contributed by atoms with van der Waals surface area (Å²) in [5.74, 6) is 1.93. The molecule has 0 spiro atoms. The van der Waals surface area contributed by atoms with Crippen molar-refractivity contribution in [2.45, 2.75) is 23.3 Å². The molecule has 0 radical (unpaired) electrons. The van der Waals surface area contributed by atoms with Gasteiger partial charge in [0.05, 0.1) is 34.6 Å². The zero-order valence-corrected chi connectivity index (χ0v) is 21.4. The lowest BCUT2D eigenvalue weighted by Crippen LogP contribution is -2.26. The molecule has 178 valence electrons. The van der Waals surface area contributed by atoms with E-state index in [1.54, 1.807) is 24.1 Å². The van der Waals surface area contributed by atoms with Gasteiger partial charge < -0.3 is 8.37 Å². The van der Waals surface area contributed by atoms with E-state index in [9.17, 15) is 0 Å². The van der Waals surface area contributed by atoms with E-state index < -0.39 is 0 Å². The van der Waals surface area contributed by atoms with Gasteiger partial charge in [0.1, 0.15) is 11.5 Å². The minimum Gasteiger partial charge on any atom is -0.425 e. The van der Waals surface area contributed by atoms with Crippen molar-refractivity contribution in [3.8, 4) is 0 Å². The van der Waals surface area contributed by atoms with Gasteiger partial charge in [-0.25, -0.2) is 0 Å². The smallest absolute Gasteiger partial charge is 0.148 e. The summed E-state index contributed by atoms with van der Waals surface area (Å²) in [5.41, 5.74) is 7.17. The van der Waals surface area contributed by atoms with Crippen LogP contribution >= 0.6 is 24.1 Å². The Bertz CT molecular complexity index is 1260. The summed E-state index contributed by atoms with van der Waals surface area (Å²) < 4.78 is 12.9. The number of benzene rings is 4. The third-order valence-electron chi connectivity index (χ3n) is 6.60. The average molecular weight is 507 g/mol. The largest absolute Gasteiger partial charge is 0.425 e. The third-order valence-corrected chi connectivity index (χ3v) is 8.78. The first kappa shape index (κ1) is 23.1. The van der Waals surface area contributed by atoms with Crippen molar-refractivity contribution in [3.63, 3.8) is 0 Å². The molecule has 0 amide bonds. The molecular formula is C32H26O2S2. The molecular weight excluding hydrogens is 480 g/mol. The topological polar surface area (TPSA) is 18.5 Å².